The van der Waals surface area contributed by atoms with Crippen LogP contribution in [-0.4, -0.2) is 80.8 Å². The minimum atomic E-state index is 0.545. The lowest BCUT2D eigenvalue weighted by molar-refractivity contribution is 0.403. The Labute approximate surface area is 208 Å². The van der Waals surface area contributed by atoms with Gasteiger partial charge in [-0.05, 0) is 66.3 Å². The van der Waals surface area contributed by atoms with Crippen LogP contribution in [0.25, 0.3) is 22.8 Å². The molecule has 0 atom stereocenters. The fourth-order valence-corrected chi connectivity index (χ4v) is 3.49. The van der Waals surface area contributed by atoms with Gasteiger partial charge in [0.1, 0.15) is 11.7 Å². The van der Waals surface area contributed by atoms with E-state index in [1.165, 1.54) is 0 Å². The van der Waals surface area contributed by atoms with Gasteiger partial charge in [0.05, 0.1) is 6.20 Å². The van der Waals surface area contributed by atoms with Crippen LogP contribution in [0, 0.1) is 0 Å². The van der Waals surface area contributed by atoms with Gasteiger partial charge in [-0.2, -0.15) is 0 Å². The first-order valence-electron chi connectivity index (χ1n) is 11.9. The average Bonchev–Trinajstić information content (AvgIpc) is 3.34. The maximum Gasteiger partial charge on any atom is 0.226 e. The van der Waals surface area contributed by atoms with Crippen molar-refractivity contribution in [2.75, 3.05) is 54.4 Å². The quantitative estimate of drug-likeness (QED) is 0.236. The first-order chi connectivity index (χ1) is 16.8. The van der Waals surface area contributed by atoms with E-state index in [4.69, 9.17) is 15.9 Å². The molecular weight excluding hydrogens is 438 g/mol. The van der Waals surface area contributed by atoms with E-state index in [-0.39, 0.29) is 0 Å². The highest BCUT2D eigenvalue weighted by atomic mass is 16.4. The molecule has 0 aliphatic heterocycles. The van der Waals surface area contributed by atoms with Crippen LogP contribution < -0.4 is 11.5 Å². The zero-order valence-corrected chi connectivity index (χ0v) is 21.2. The Bertz CT molecular complexity index is 1030. The van der Waals surface area contributed by atoms with Crippen molar-refractivity contribution < 1.29 is 4.42 Å². The van der Waals surface area contributed by atoms with E-state index >= 15 is 0 Å². The van der Waals surface area contributed by atoms with Gasteiger partial charge in [0, 0.05) is 35.3 Å². The van der Waals surface area contributed by atoms with Gasteiger partial charge >= 0.3 is 0 Å². The molecule has 1 heterocycles. The van der Waals surface area contributed by atoms with Crippen molar-refractivity contribution in [1.82, 2.24) is 14.8 Å². The maximum atomic E-state index is 6.14. The van der Waals surface area contributed by atoms with Crippen LogP contribution in [0.3, 0.4) is 0 Å². The van der Waals surface area contributed by atoms with Crippen LogP contribution in [0.2, 0.25) is 0 Å². The fraction of sp³-hybridized carbons (Fsp3) is 0.370. The smallest absolute Gasteiger partial charge is 0.226 e. The van der Waals surface area contributed by atoms with E-state index in [2.05, 4.69) is 53.0 Å². The first-order valence-corrected chi connectivity index (χ1v) is 11.9. The summed E-state index contributed by atoms with van der Waals surface area (Å²) in [6.07, 6.45) is 3.68. The molecular formula is C27H37N7O. The Morgan fingerprint density at radius 3 is 1.66 bits per heavy atom. The van der Waals surface area contributed by atoms with Crippen LogP contribution in [0.15, 0.2) is 69.1 Å². The van der Waals surface area contributed by atoms with E-state index in [0.717, 1.165) is 48.2 Å². The monoisotopic (exact) mass is 475 g/mol. The summed E-state index contributed by atoms with van der Waals surface area (Å²) in [5.74, 6) is 2.34. The van der Waals surface area contributed by atoms with E-state index < -0.39 is 0 Å². The zero-order valence-electron chi connectivity index (χ0n) is 21.2. The number of nitrogens with zero attached hydrogens (tertiary/aromatic N) is 5. The number of nitrogens with two attached hydrogens (primary N) is 2. The van der Waals surface area contributed by atoms with Crippen molar-refractivity contribution >= 4 is 11.7 Å². The van der Waals surface area contributed by atoms with Crippen molar-refractivity contribution in [2.24, 2.45) is 21.5 Å². The zero-order chi connectivity index (χ0) is 25.2. The van der Waals surface area contributed by atoms with Gasteiger partial charge < -0.3 is 25.7 Å². The molecule has 0 fully saturated rings. The van der Waals surface area contributed by atoms with Gasteiger partial charge in [0.25, 0.3) is 0 Å². The number of benzene rings is 2. The highest BCUT2D eigenvalue weighted by Gasteiger charge is 2.10. The summed E-state index contributed by atoms with van der Waals surface area (Å²) >= 11 is 0. The number of oxazole rings is 1. The van der Waals surface area contributed by atoms with Gasteiger partial charge in [-0.1, -0.05) is 36.4 Å². The molecule has 0 bridgehead atoms. The SMILES string of the molecule is CN(C)CCCN=C(N)c1ccc(-c2cnc(-c3ccc(C(N)=NCCCN(C)C)cc3)o2)cc1. The third kappa shape index (κ3) is 8.05. The van der Waals surface area contributed by atoms with Crippen molar-refractivity contribution in [3.05, 3.63) is 65.9 Å². The summed E-state index contributed by atoms with van der Waals surface area (Å²) in [4.78, 5) is 17.7. The average molecular weight is 476 g/mol. The molecule has 0 radical (unpaired) electrons. The number of hydrogen-bond donors (Lipinski definition) is 2. The number of amidine groups is 2. The van der Waals surface area contributed by atoms with E-state index in [0.29, 0.717) is 36.4 Å². The number of aliphatic imine (C=N–C) groups is 2. The molecule has 4 N–H and O–H groups in total. The normalized spacial score (nSPS) is 12.6. The number of rotatable bonds is 12. The lowest BCUT2D eigenvalue weighted by Gasteiger charge is -2.07. The molecule has 0 saturated carbocycles. The van der Waals surface area contributed by atoms with Crippen molar-refractivity contribution in [2.45, 2.75) is 12.8 Å². The second-order valence-corrected chi connectivity index (χ2v) is 9.03. The third-order valence-electron chi connectivity index (χ3n) is 5.49. The maximum absolute atomic E-state index is 6.14. The van der Waals surface area contributed by atoms with Crippen molar-refractivity contribution in [3.8, 4) is 22.8 Å². The molecule has 8 heteroatoms. The Morgan fingerprint density at radius 1 is 0.743 bits per heavy atom. The predicted molar refractivity (Wildman–Crippen MR) is 145 cm³/mol. The summed E-state index contributed by atoms with van der Waals surface area (Å²) in [5, 5.41) is 0. The summed E-state index contributed by atoms with van der Waals surface area (Å²) in [5.41, 5.74) is 15.9. The predicted octanol–water partition coefficient (Wildman–Crippen LogP) is 3.32. The molecule has 0 aliphatic carbocycles. The summed E-state index contributed by atoms with van der Waals surface area (Å²) < 4.78 is 6.02. The summed E-state index contributed by atoms with van der Waals surface area (Å²) in [7, 11) is 8.20. The molecule has 35 heavy (non-hydrogen) atoms. The Balaban J connectivity index is 1.61. The molecule has 2 aromatic carbocycles. The standard InChI is InChI=1S/C27H37N7O/c1-33(2)17-5-15-30-25(28)21-9-7-20(8-10-21)24-19-32-27(35-24)23-13-11-22(12-14-23)26(29)31-16-6-18-34(3)4/h7-14,19H,5-6,15-18H2,1-4H3,(H2,28,30)(H2,29,31). The molecule has 0 aliphatic rings. The topological polar surface area (TPSA) is 109 Å². The Kier molecular flexibility index (Phi) is 9.57. The molecule has 8 nitrogen and oxygen atoms in total. The molecule has 186 valence electrons. The lowest BCUT2D eigenvalue weighted by Crippen LogP contribution is -2.16. The van der Waals surface area contributed by atoms with E-state index in [9.17, 15) is 0 Å². The lowest BCUT2D eigenvalue weighted by atomic mass is 10.1. The van der Waals surface area contributed by atoms with Gasteiger partial charge in [-0.15, -0.1) is 0 Å². The Morgan fingerprint density at radius 2 is 1.20 bits per heavy atom. The van der Waals surface area contributed by atoms with Gasteiger partial charge in [0.15, 0.2) is 5.76 Å². The van der Waals surface area contributed by atoms with Gasteiger partial charge in [-0.3, -0.25) is 9.98 Å². The fourth-order valence-electron chi connectivity index (χ4n) is 3.49. The van der Waals surface area contributed by atoms with E-state index in [1.807, 2.05) is 48.5 Å². The number of aromatic nitrogens is 1. The largest absolute Gasteiger partial charge is 0.436 e. The molecule has 0 saturated heterocycles. The minimum absolute atomic E-state index is 0.545. The Hall–Kier alpha value is -3.49. The second kappa shape index (κ2) is 12.8. The van der Waals surface area contributed by atoms with Gasteiger partial charge in [0.2, 0.25) is 5.89 Å². The highest BCUT2D eigenvalue weighted by Crippen LogP contribution is 2.26. The van der Waals surface area contributed by atoms with Crippen LogP contribution in [0.1, 0.15) is 24.0 Å². The van der Waals surface area contributed by atoms with Crippen LogP contribution in [0.5, 0.6) is 0 Å². The highest BCUT2D eigenvalue weighted by molar-refractivity contribution is 5.98. The van der Waals surface area contributed by atoms with Gasteiger partial charge in [-0.25, -0.2) is 4.98 Å². The molecule has 3 aromatic rings. The summed E-state index contributed by atoms with van der Waals surface area (Å²) in [6, 6.07) is 15.6. The van der Waals surface area contributed by atoms with E-state index in [1.54, 1.807) is 6.20 Å². The summed E-state index contributed by atoms with van der Waals surface area (Å²) in [6.45, 7) is 3.40. The first kappa shape index (κ1) is 26.1. The van der Waals surface area contributed by atoms with Crippen LogP contribution in [-0.2, 0) is 0 Å². The van der Waals surface area contributed by atoms with Crippen LogP contribution in [0.4, 0.5) is 0 Å². The van der Waals surface area contributed by atoms with Crippen molar-refractivity contribution in [1.29, 1.82) is 0 Å². The van der Waals surface area contributed by atoms with Crippen molar-refractivity contribution in [3.63, 3.8) is 0 Å². The molecule has 1 aromatic heterocycles. The molecule has 0 spiro atoms. The van der Waals surface area contributed by atoms with Crippen LogP contribution >= 0.6 is 0 Å². The molecule has 3 rings (SSSR count). The third-order valence-corrected chi connectivity index (χ3v) is 5.49. The molecule has 0 unspecified atom stereocenters. The number of hydrogen-bond acceptors (Lipinski definition) is 6. The molecule has 0 amide bonds. The minimum Gasteiger partial charge on any atom is -0.436 e. The second-order valence-electron chi connectivity index (χ2n) is 9.03.